The summed E-state index contributed by atoms with van der Waals surface area (Å²) in [6.07, 6.45) is 12.8. The number of nitrogens with one attached hydrogen (secondary N) is 1. The average Bonchev–Trinajstić information content (AvgIpc) is 3.27. The Balaban J connectivity index is 1.19. The molecule has 1 N–H and O–H groups in total. The third-order valence-electron chi connectivity index (χ3n) is 5.78. The molecular weight excluding hydrogens is 308 g/mol. The van der Waals surface area contributed by atoms with Crippen molar-refractivity contribution in [1.82, 2.24) is 15.1 Å². The van der Waals surface area contributed by atoms with Gasteiger partial charge < -0.3 is 10.2 Å². The van der Waals surface area contributed by atoms with E-state index in [9.17, 15) is 0 Å². The summed E-state index contributed by atoms with van der Waals surface area (Å²) in [5, 5.41) is 7.99. The monoisotopic (exact) mass is 338 g/mol. The topological polar surface area (TPSA) is 33.1 Å². The van der Waals surface area contributed by atoms with Crippen LogP contribution in [0.5, 0.6) is 0 Å². The van der Waals surface area contributed by atoms with Gasteiger partial charge in [0.15, 0.2) is 0 Å². The molecule has 2 aliphatic rings. The van der Waals surface area contributed by atoms with Crippen LogP contribution in [0.2, 0.25) is 0 Å². The Labute approximate surface area is 151 Å². The average molecular weight is 338 g/mol. The van der Waals surface area contributed by atoms with E-state index in [1.165, 1.54) is 62.9 Å². The number of anilines is 1. The second kappa shape index (κ2) is 7.61. The van der Waals surface area contributed by atoms with Crippen molar-refractivity contribution in [3.05, 3.63) is 47.3 Å². The van der Waals surface area contributed by atoms with E-state index >= 15 is 0 Å². The zero-order chi connectivity index (χ0) is 17.1. The number of nitrogens with zero attached hydrogens (tertiary/aromatic N) is 3. The molecule has 0 atom stereocenters. The molecule has 0 unspecified atom stereocenters. The Morgan fingerprint density at radius 2 is 2.00 bits per heavy atom. The second-order valence-corrected chi connectivity index (χ2v) is 7.65. The van der Waals surface area contributed by atoms with E-state index in [-0.39, 0.29) is 0 Å². The first kappa shape index (κ1) is 16.6. The molecule has 25 heavy (non-hydrogen) atoms. The van der Waals surface area contributed by atoms with Crippen LogP contribution in [-0.2, 0) is 26.3 Å². The van der Waals surface area contributed by atoms with Gasteiger partial charge in [0.25, 0.3) is 0 Å². The molecular formula is C21H30N4. The van der Waals surface area contributed by atoms with Crippen LogP contribution in [-0.4, -0.2) is 35.5 Å². The van der Waals surface area contributed by atoms with Crippen molar-refractivity contribution >= 4 is 5.69 Å². The molecule has 0 spiro atoms. The van der Waals surface area contributed by atoms with Gasteiger partial charge in [0.05, 0.1) is 6.20 Å². The summed E-state index contributed by atoms with van der Waals surface area (Å²) in [7, 11) is 1.98. The first-order valence-electron chi connectivity index (χ1n) is 9.85. The molecule has 4 heteroatoms. The molecule has 2 aromatic rings. The fourth-order valence-corrected chi connectivity index (χ4v) is 4.30. The summed E-state index contributed by atoms with van der Waals surface area (Å²) < 4.78 is 1.89. The van der Waals surface area contributed by atoms with E-state index < -0.39 is 0 Å². The minimum atomic E-state index is 0.680. The molecule has 1 aromatic carbocycles. The third kappa shape index (κ3) is 4.06. The summed E-state index contributed by atoms with van der Waals surface area (Å²) in [5.41, 5.74) is 5.95. The predicted octanol–water partition coefficient (Wildman–Crippen LogP) is 3.10. The molecule has 1 aromatic heterocycles. The van der Waals surface area contributed by atoms with Crippen LogP contribution in [0.3, 0.4) is 0 Å². The second-order valence-electron chi connectivity index (χ2n) is 7.65. The lowest BCUT2D eigenvalue weighted by atomic mass is 10.0. The van der Waals surface area contributed by atoms with E-state index in [1.54, 1.807) is 11.1 Å². The quantitative estimate of drug-likeness (QED) is 0.822. The van der Waals surface area contributed by atoms with Gasteiger partial charge in [-0.1, -0.05) is 6.07 Å². The van der Waals surface area contributed by atoms with Gasteiger partial charge in [0.1, 0.15) is 0 Å². The number of hydrogen-bond donors (Lipinski definition) is 1. The lowest BCUT2D eigenvalue weighted by Gasteiger charge is -2.34. The van der Waals surface area contributed by atoms with Gasteiger partial charge in [-0.3, -0.25) is 4.68 Å². The molecule has 0 bridgehead atoms. The summed E-state index contributed by atoms with van der Waals surface area (Å²) in [4.78, 5) is 2.58. The van der Waals surface area contributed by atoms with Gasteiger partial charge in [-0.25, -0.2) is 0 Å². The van der Waals surface area contributed by atoms with Gasteiger partial charge in [0.2, 0.25) is 0 Å². The molecule has 0 saturated carbocycles. The normalized spacial score (nSPS) is 17.9. The van der Waals surface area contributed by atoms with E-state index in [2.05, 4.69) is 39.7 Å². The summed E-state index contributed by atoms with van der Waals surface area (Å²) in [6.45, 7) is 3.47. The predicted molar refractivity (Wildman–Crippen MR) is 103 cm³/mol. The van der Waals surface area contributed by atoms with E-state index in [0.717, 1.165) is 13.0 Å². The summed E-state index contributed by atoms with van der Waals surface area (Å²) in [5.74, 6) is 0. The molecule has 0 amide bonds. The Hall–Kier alpha value is -1.81. The van der Waals surface area contributed by atoms with Crippen molar-refractivity contribution in [1.29, 1.82) is 0 Å². The highest BCUT2D eigenvalue weighted by molar-refractivity contribution is 5.52. The van der Waals surface area contributed by atoms with E-state index in [4.69, 9.17) is 0 Å². The molecule has 4 rings (SSSR count). The van der Waals surface area contributed by atoms with Crippen LogP contribution >= 0.6 is 0 Å². The first-order chi connectivity index (χ1) is 12.3. The molecule has 4 nitrogen and oxygen atoms in total. The molecule has 1 fully saturated rings. The molecule has 1 aliphatic carbocycles. The van der Waals surface area contributed by atoms with Gasteiger partial charge in [-0.05, 0) is 80.3 Å². The SMILES string of the molecule is Cn1cc(CCCNC2CCN(c3ccc4c(c3)CCC4)CC2)cn1. The van der Waals surface area contributed by atoms with E-state index in [1.807, 2.05) is 17.9 Å². The minimum absolute atomic E-state index is 0.680. The van der Waals surface area contributed by atoms with Crippen molar-refractivity contribution in [2.75, 3.05) is 24.5 Å². The summed E-state index contributed by atoms with van der Waals surface area (Å²) >= 11 is 0. The number of benzene rings is 1. The highest BCUT2D eigenvalue weighted by atomic mass is 15.2. The zero-order valence-corrected chi connectivity index (χ0v) is 15.4. The molecule has 1 aliphatic heterocycles. The van der Waals surface area contributed by atoms with Crippen molar-refractivity contribution in [2.24, 2.45) is 7.05 Å². The maximum Gasteiger partial charge on any atom is 0.0521 e. The Kier molecular flexibility index (Phi) is 5.07. The van der Waals surface area contributed by atoms with Crippen molar-refractivity contribution in [2.45, 2.75) is 51.0 Å². The third-order valence-corrected chi connectivity index (χ3v) is 5.78. The van der Waals surface area contributed by atoms with Gasteiger partial charge in [0, 0.05) is 38.1 Å². The maximum atomic E-state index is 4.23. The minimum Gasteiger partial charge on any atom is -0.371 e. The molecule has 0 radical (unpaired) electrons. The van der Waals surface area contributed by atoms with Crippen LogP contribution in [0.25, 0.3) is 0 Å². The van der Waals surface area contributed by atoms with Crippen LogP contribution in [0.1, 0.15) is 42.4 Å². The number of rotatable bonds is 6. The van der Waals surface area contributed by atoms with Crippen LogP contribution in [0.15, 0.2) is 30.6 Å². The zero-order valence-electron chi connectivity index (χ0n) is 15.4. The lowest BCUT2D eigenvalue weighted by molar-refractivity contribution is 0.413. The Morgan fingerprint density at radius 1 is 1.16 bits per heavy atom. The maximum absolute atomic E-state index is 4.23. The van der Waals surface area contributed by atoms with E-state index in [0.29, 0.717) is 6.04 Å². The number of aryl methyl sites for hydroxylation is 4. The lowest BCUT2D eigenvalue weighted by Crippen LogP contribution is -2.42. The van der Waals surface area contributed by atoms with Crippen LogP contribution in [0.4, 0.5) is 5.69 Å². The molecule has 134 valence electrons. The number of piperidine rings is 1. The Bertz CT molecular complexity index is 698. The number of hydrogen-bond acceptors (Lipinski definition) is 3. The van der Waals surface area contributed by atoms with Crippen LogP contribution in [0, 0.1) is 0 Å². The fourth-order valence-electron chi connectivity index (χ4n) is 4.30. The molecule has 1 saturated heterocycles. The van der Waals surface area contributed by atoms with Gasteiger partial charge in [-0.2, -0.15) is 5.10 Å². The van der Waals surface area contributed by atoms with Gasteiger partial charge in [-0.15, -0.1) is 0 Å². The largest absolute Gasteiger partial charge is 0.371 e. The molecule has 2 heterocycles. The summed E-state index contributed by atoms with van der Waals surface area (Å²) in [6, 6.07) is 7.83. The van der Waals surface area contributed by atoms with Gasteiger partial charge >= 0.3 is 0 Å². The standard InChI is InChI=1S/C21H30N4/c1-24-16-17(15-23-24)4-3-11-22-20-9-12-25(13-10-20)21-8-7-18-5-2-6-19(18)14-21/h7-8,14-16,20,22H,2-6,9-13H2,1H3. The highest BCUT2D eigenvalue weighted by Crippen LogP contribution is 2.28. The highest BCUT2D eigenvalue weighted by Gasteiger charge is 2.20. The fraction of sp³-hybridized carbons (Fsp3) is 0.571. The number of aromatic nitrogens is 2. The van der Waals surface area contributed by atoms with Crippen molar-refractivity contribution in [3.63, 3.8) is 0 Å². The van der Waals surface area contributed by atoms with Crippen molar-refractivity contribution < 1.29 is 0 Å². The van der Waals surface area contributed by atoms with Crippen LogP contribution < -0.4 is 10.2 Å². The smallest absolute Gasteiger partial charge is 0.0521 e. The van der Waals surface area contributed by atoms with Crippen molar-refractivity contribution in [3.8, 4) is 0 Å². The first-order valence-corrected chi connectivity index (χ1v) is 9.85. The number of fused-ring (bicyclic) bond motifs is 1. The Morgan fingerprint density at radius 3 is 2.80 bits per heavy atom.